The molecule has 0 aromatic carbocycles. The molecule has 0 amide bonds. The molecular weight excluding hydrogens is 258 g/mol. The molecule has 7 heteroatoms. The average Bonchev–Trinajstić information content (AvgIpc) is 2.86. The zero-order chi connectivity index (χ0) is 13.9. The second-order valence-corrected chi connectivity index (χ2v) is 5.21. The van der Waals surface area contributed by atoms with Crippen molar-refractivity contribution in [2.45, 2.75) is 38.1 Å². The molecule has 1 aliphatic rings. The van der Waals surface area contributed by atoms with Crippen molar-refractivity contribution in [3.63, 3.8) is 0 Å². The third-order valence-corrected chi connectivity index (χ3v) is 3.95. The summed E-state index contributed by atoms with van der Waals surface area (Å²) in [4.78, 5) is 17.9. The Morgan fingerprint density at radius 2 is 2.20 bits per heavy atom. The number of aliphatic hydroxyl groups excluding tert-OH is 1. The van der Waals surface area contributed by atoms with Crippen LogP contribution in [0.4, 0.5) is 5.82 Å². The monoisotopic (exact) mass is 277 g/mol. The van der Waals surface area contributed by atoms with Crippen LogP contribution in [0.2, 0.25) is 0 Å². The summed E-state index contributed by atoms with van der Waals surface area (Å²) in [6.07, 6.45) is 7.46. The molecule has 2 aromatic heterocycles. The van der Waals surface area contributed by atoms with E-state index in [0.717, 1.165) is 18.7 Å². The van der Waals surface area contributed by atoms with Crippen molar-refractivity contribution in [2.24, 2.45) is 0 Å². The lowest BCUT2D eigenvalue weighted by Gasteiger charge is -2.34. The molecule has 2 heterocycles. The number of hydrogen-bond acceptors (Lipinski definition) is 5. The van der Waals surface area contributed by atoms with E-state index in [4.69, 9.17) is 0 Å². The van der Waals surface area contributed by atoms with Crippen LogP contribution in [0.5, 0.6) is 0 Å². The van der Waals surface area contributed by atoms with Gasteiger partial charge in [-0.25, -0.2) is 19.3 Å². The molecule has 2 aromatic rings. The molecule has 3 rings (SSSR count). The molecule has 7 nitrogen and oxygen atoms in total. The number of rotatable bonds is 4. The van der Waals surface area contributed by atoms with Gasteiger partial charge in [0.05, 0.1) is 6.61 Å². The number of hydrogen-bond donors (Lipinski definition) is 2. The fourth-order valence-corrected chi connectivity index (χ4v) is 2.94. The highest BCUT2D eigenvalue weighted by Crippen LogP contribution is 2.26. The Labute approximate surface area is 116 Å². The van der Waals surface area contributed by atoms with Crippen LogP contribution >= 0.6 is 0 Å². The first kappa shape index (κ1) is 13.1. The second kappa shape index (κ2) is 5.62. The van der Waals surface area contributed by atoms with E-state index in [1.807, 2.05) is 0 Å². The predicted molar refractivity (Wildman–Crippen MR) is 74.9 cm³/mol. The Kier molecular flexibility index (Phi) is 3.68. The largest absolute Gasteiger partial charge is 0.395 e. The first-order valence-corrected chi connectivity index (χ1v) is 7.10. The maximum atomic E-state index is 11.4. The quantitative estimate of drug-likeness (QED) is 0.852. The van der Waals surface area contributed by atoms with Gasteiger partial charge in [0.15, 0.2) is 5.65 Å². The van der Waals surface area contributed by atoms with Crippen LogP contribution in [-0.2, 0) is 0 Å². The summed E-state index contributed by atoms with van der Waals surface area (Å²) in [7, 11) is 0. The highest BCUT2D eigenvalue weighted by atomic mass is 16.3. The topological polar surface area (TPSA) is 86.5 Å². The lowest BCUT2D eigenvalue weighted by molar-refractivity contribution is 0.289. The maximum Gasteiger partial charge on any atom is 0.348 e. The van der Waals surface area contributed by atoms with Gasteiger partial charge < -0.3 is 10.0 Å². The summed E-state index contributed by atoms with van der Waals surface area (Å²) >= 11 is 0. The highest BCUT2D eigenvalue weighted by molar-refractivity contribution is 5.50. The normalized spacial score (nSPS) is 16.6. The Morgan fingerprint density at radius 3 is 2.95 bits per heavy atom. The van der Waals surface area contributed by atoms with Gasteiger partial charge in [-0.3, -0.25) is 0 Å². The third-order valence-electron chi connectivity index (χ3n) is 3.95. The van der Waals surface area contributed by atoms with Crippen molar-refractivity contribution in [2.75, 3.05) is 18.1 Å². The molecule has 20 heavy (non-hydrogen) atoms. The lowest BCUT2D eigenvalue weighted by Crippen LogP contribution is -2.39. The van der Waals surface area contributed by atoms with Gasteiger partial charge in [-0.15, -0.1) is 0 Å². The van der Waals surface area contributed by atoms with Crippen molar-refractivity contribution in [1.29, 1.82) is 0 Å². The van der Waals surface area contributed by atoms with Crippen molar-refractivity contribution >= 4 is 11.5 Å². The molecule has 0 radical (unpaired) electrons. The standard InChI is InChI=1S/C13H19N5O2/c19-7-6-17(10-4-2-1-3-5-10)11-8-12-15-16-13(20)18(12)9-14-11/h8-10,19H,1-7H2,(H,16,20). The van der Waals surface area contributed by atoms with Gasteiger partial charge in [0.1, 0.15) is 12.1 Å². The number of aliphatic hydroxyl groups is 1. The Bertz CT molecular complexity index is 629. The number of fused-ring (bicyclic) bond motifs is 1. The molecule has 0 bridgehead atoms. The maximum absolute atomic E-state index is 11.4. The zero-order valence-corrected chi connectivity index (χ0v) is 11.3. The minimum absolute atomic E-state index is 0.0940. The summed E-state index contributed by atoms with van der Waals surface area (Å²) in [5.74, 6) is 0.775. The molecular formula is C13H19N5O2. The van der Waals surface area contributed by atoms with Crippen LogP contribution in [0.15, 0.2) is 17.2 Å². The van der Waals surface area contributed by atoms with Crippen LogP contribution in [0.3, 0.4) is 0 Å². The van der Waals surface area contributed by atoms with E-state index >= 15 is 0 Å². The summed E-state index contributed by atoms with van der Waals surface area (Å²) in [6, 6.07) is 2.21. The Morgan fingerprint density at radius 1 is 1.40 bits per heavy atom. The third kappa shape index (κ3) is 2.40. The number of nitrogens with zero attached hydrogens (tertiary/aromatic N) is 4. The van der Waals surface area contributed by atoms with Gasteiger partial charge in [-0.05, 0) is 12.8 Å². The van der Waals surface area contributed by atoms with Gasteiger partial charge in [0.25, 0.3) is 0 Å². The highest BCUT2D eigenvalue weighted by Gasteiger charge is 2.22. The average molecular weight is 277 g/mol. The van der Waals surface area contributed by atoms with Crippen molar-refractivity contribution in [3.05, 3.63) is 22.9 Å². The SMILES string of the molecule is O=c1[nH]nc2cc(N(CCO)C3CCCCC3)ncn12. The summed E-state index contributed by atoms with van der Waals surface area (Å²) in [5.41, 5.74) is 0.268. The number of anilines is 1. The molecule has 108 valence electrons. The fourth-order valence-electron chi connectivity index (χ4n) is 2.94. The van der Waals surface area contributed by atoms with Crippen molar-refractivity contribution < 1.29 is 5.11 Å². The number of nitrogens with one attached hydrogen (secondary N) is 1. The zero-order valence-electron chi connectivity index (χ0n) is 11.3. The smallest absolute Gasteiger partial charge is 0.348 e. The number of aromatic nitrogens is 4. The van der Waals surface area contributed by atoms with Crippen LogP contribution < -0.4 is 10.6 Å². The molecule has 0 spiro atoms. The van der Waals surface area contributed by atoms with E-state index in [9.17, 15) is 9.90 Å². The minimum Gasteiger partial charge on any atom is -0.395 e. The van der Waals surface area contributed by atoms with Crippen LogP contribution in [0, 0.1) is 0 Å². The van der Waals surface area contributed by atoms with Crippen molar-refractivity contribution in [3.8, 4) is 0 Å². The first-order chi connectivity index (χ1) is 9.79. The molecule has 0 aliphatic heterocycles. The van der Waals surface area contributed by atoms with Crippen LogP contribution in [0.25, 0.3) is 5.65 Å². The van der Waals surface area contributed by atoms with Gasteiger partial charge in [0.2, 0.25) is 0 Å². The first-order valence-electron chi connectivity index (χ1n) is 7.10. The van der Waals surface area contributed by atoms with Gasteiger partial charge in [-0.1, -0.05) is 19.3 Å². The van der Waals surface area contributed by atoms with E-state index in [1.165, 1.54) is 30.0 Å². The van der Waals surface area contributed by atoms with Gasteiger partial charge >= 0.3 is 5.69 Å². The molecule has 0 unspecified atom stereocenters. The lowest BCUT2D eigenvalue weighted by atomic mass is 9.94. The van der Waals surface area contributed by atoms with E-state index in [2.05, 4.69) is 20.1 Å². The molecule has 1 fully saturated rings. The molecule has 1 aliphatic carbocycles. The van der Waals surface area contributed by atoms with E-state index in [1.54, 1.807) is 6.07 Å². The minimum atomic E-state index is -0.287. The van der Waals surface area contributed by atoms with E-state index < -0.39 is 0 Å². The van der Waals surface area contributed by atoms with Gasteiger partial charge in [-0.2, -0.15) is 5.10 Å². The molecule has 0 saturated heterocycles. The van der Waals surface area contributed by atoms with E-state index in [0.29, 0.717) is 18.2 Å². The molecule has 0 atom stereocenters. The number of H-pyrrole nitrogens is 1. The fraction of sp³-hybridized carbons (Fsp3) is 0.615. The Balaban J connectivity index is 1.93. The summed E-state index contributed by atoms with van der Waals surface area (Å²) in [5, 5.41) is 15.7. The number of aromatic amines is 1. The van der Waals surface area contributed by atoms with E-state index in [-0.39, 0.29) is 12.3 Å². The van der Waals surface area contributed by atoms with Crippen LogP contribution in [0.1, 0.15) is 32.1 Å². The molecule has 2 N–H and O–H groups in total. The second-order valence-electron chi connectivity index (χ2n) is 5.21. The predicted octanol–water partition coefficient (Wildman–Crippen LogP) is 0.549. The van der Waals surface area contributed by atoms with Crippen LogP contribution in [-0.4, -0.2) is 43.9 Å². The summed E-state index contributed by atoms with van der Waals surface area (Å²) in [6.45, 7) is 0.652. The van der Waals surface area contributed by atoms with Gasteiger partial charge in [0, 0.05) is 18.7 Å². The van der Waals surface area contributed by atoms with Crippen molar-refractivity contribution in [1.82, 2.24) is 19.6 Å². The summed E-state index contributed by atoms with van der Waals surface area (Å²) < 4.78 is 1.38. The molecule has 1 saturated carbocycles. The Hall–Kier alpha value is -1.89.